The highest BCUT2D eigenvalue weighted by Gasteiger charge is 2.40. The Hall–Kier alpha value is -3.82. The van der Waals surface area contributed by atoms with Crippen molar-refractivity contribution in [2.75, 3.05) is 31.6 Å². The second kappa shape index (κ2) is 10.5. The van der Waals surface area contributed by atoms with Crippen molar-refractivity contribution in [1.29, 1.82) is 5.26 Å². The molecular weight excluding hydrogens is 499 g/mol. The molecule has 0 aromatic carbocycles. The number of nitriles is 1. The number of nitrogens with one attached hydrogen (secondary N) is 1. The van der Waals surface area contributed by atoms with Gasteiger partial charge in [0.1, 0.15) is 0 Å². The molecule has 198 valence electrons. The summed E-state index contributed by atoms with van der Waals surface area (Å²) < 4.78 is 44.9. The van der Waals surface area contributed by atoms with Crippen molar-refractivity contribution in [1.82, 2.24) is 24.6 Å². The van der Waals surface area contributed by atoms with Gasteiger partial charge < -0.3 is 10.1 Å². The summed E-state index contributed by atoms with van der Waals surface area (Å²) in [7, 11) is 0. The van der Waals surface area contributed by atoms with Crippen LogP contribution in [-0.4, -0.2) is 62.9 Å². The van der Waals surface area contributed by atoms with Crippen molar-refractivity contribution in [3.8, 4) is 11.9 Å². The van der Waals surface area contributed by atoms with E-state index in [4.69, 9.17) is 4.74 Å². The summed E-state index contributed by atoms with van der Waals surface area (Å²) in [6.07, 6.45) is 3.73. The predicted molar refractivity (Wildman–Crippen MR) is 130 cm³/mol. The van der Waals surface area contributed by atoms with Gasteiger partial charge in [-0.25, -0.2) is 9.67 Å². The highest BCUT2D eigenvalue weighted by Crippen LogP contribution is 2.40. The molecule has 1 saturated carbocycles. The summed E-state index contributed by atoms with van der Waals surface area (Å²) in [6.45, 7) is 3.36. The maximum atomic E-state index is 12.8. The van der Waals surface area contributed by atoms with Crippen LogP contribution >= 0.6 is 0 Å². The van der Waals surface area contributed by atoms with Crippen LogP contribution in [0.2, 0.25) is 0 Å². The third-order valence-corrected chi connectivity index (χ3v) is 7.25. The number of aromatic nitrogens is 4. The Balaban J connectivity index is 1.21. The lowest BCUT2D eigenvalue weighted by atomic mass is 9.71. The van der Waals surface area contributed by atoms with Gasteiger partial charge in [0, 0.05) is 31.5 Å². The van der Waals surface area contributed by atoms with E-state index in [2.05, 4.69) is 31.4 Å². The first-order chi connectivity index (χ1) is 18.3. The minimum absolute atomic E-state index is 0.146. The van der Waals surface area contributed by atoms with E-state index < -0.39 is 23.1 Å². The third-order valence-electron chi connectivity index (χ3n) is 7.25. The number of anilines is 1. The SMILES string of the molecule is N#C[C@]1(c2ccc(NC(=O)c3cnn(-c4ccc(C(F)(F)F)cn4)c3)cn2)CC[C@H](N2CCOCC2)CC1. The predicted octanol–water partition coefficient (Wildman–Crippen LogP) is 3.97. The third kappa shape index (κ3) is 5.39. The molecule has 5 rings (SSSR count). The van der Waals surface area contributed by atoms with E-state index in [1.54, 1.807) is 12.1 Å². The van der Waals surface area contributed by atoms with Crippen molar-refractivity contribution >= 4 is 11.6 Å². The number of carbonyl (C=O) groups is 1. The molecule has 3 aromatic heterocycles. The van der Waals surface area contributed by atoms with E-state index in [-0.39, 0.29) is 11.4 Å². The zero-order valence-electron chi connectivity index (χ0n) is 20.5. The molecule has 0 radical (unpaired) electrons. The van der Waals surface area contributed by atoms with Gasteiger partial charge in [-0.3, -0.25) is 14.7 Å². The molecule has 0 bridgehead atoms. The van der Waals surface area contributed by atoms with Crippen LogP contribution in [0.5, 0.6) is 0 Å². The van der Waals surface area contributed by atoms with Gasteiger partial charge in [0.05, 0.1) is 59.6 Å². The van der Waals surface area contributed by atoms with Crippen molar-refractivity contribution in [2.45, 2.75) is 43.3 Å². The van der Waals surface area contributed by atoms with Crippen LogP contribution in [0.25, 0.3) is 5.82 Å². The number of carbonyl (C=O) groups excluding carboxylic acids is 1. The molecule has 0 atom stereocenters. The maximum absolute atomic E-state index is 12.8. The fourth-order valence-corrected chi connectivity index (χ4v) is 5.04. The lowest BCUT2D eigenvalue weighted by molar-refractivity contribution is -0.137. The molecule has 9 nitrogen and oxygen atoms in total. The highest BCUT2D eigenvalue weighted by atomic mass is 19.4. The molecule has 1 aliphatic heterocycles. The Morgan fingerprint density at radius 2 is 1.84 bits per heavy atom. The number of pyridine rings is 2. The smallest absolute Gasteiger partial charge is 0.379 e. The molecule has 12 heteroatoms. The van der Waals surface area contributed by atoms with Crippen LogP contribution in [0.1, 0.15) is 47.3 Å². The number of ether oxygens (including phenoxy) is 1. The van der Waals surface area contributed by atoms with Gasteiger partial charge >= 0.3 is 6.18 Å². The summed E-state index contributed by atoms with van der Waals surface area (Å²) in [5.74, 6) is -0.313. The van der Waals surface area contributed by atoms with E-state index in [9.17, 15) is 23.2 Å². The van der Waals surface area contributed by atoms with Gasteiger partial charge in [0.25, 0.3) is 5.91 Å². The van der Waals surface area contributed by atoms with Gasteiger partial charge in [0.15, 0.2) is 5.82 Å². The number of alkyl halides is 3. The van der Waals surface area contributed by atoms with Crippen molar-refractivity contribution in [2.24, 2.45) is 0 Å². The van der Waals surface area contributed by atoms with Crippen LogP contribution in [-0.2, 0) is 16.3 Å². The molecule has 1 amide bonds. The number of halogens is 3. The molecule has 3 aromatic rings. The number of rotatable bonds is 5. The number of amides is 1. The van der Waals surface area contributed by atoms with Crippen molar-refractivity contribution in [3.63, 3.8) is 0 Å². The Bertz CT molecular complexity index is 1300. The average molecular weight is 526 g/mol. The zero-order valence-corrected chi connectivity index (χ0v) is 20.5. The van der Waals surface area contributed by atoms with Gasteiger partial charge in [-0.15, -0.1) is 0 Å². The molecule has 38 heavy (non-hydrogen) atoms. The van der Waals surface area contributed by atoms with Crippen molar-refractivity contribution < 1.29 is 22.7 Å². The molecule has 2 fully saturated rings. The van der Waals surface area contributed by atoms with Crippen LogP contribution in [0.4, 0.5) is 18.9 Å². The van der Waals surface area contributed by atoms with E-state index in [0.717, 1.165) is 58.1 Å². The Morgan fingerprint density at radius 1 is 1.08 bits per heavy atom. The van der Waals surface area contributed by atoms with Gasteiger partial charge in [-0.05, 0) is 49.9 Å². The van der Waals surface area contributed by atoms with Gasteiger partial charge in [0.2, 0.25) is 0 Å². The standard InChI is InChI=1S/C26H26F3N7O2/c27-26(28,29)19-1-4-23(32-14-19)36-16-18(13-33-36)24(37)34-20-2-3-22(31-15-20)25(17-30)7-5-21(6-8-25)35-9-11-38-12-10-35/h1-4,13-16,21H,5-12H2,(H,34,37)/t21-,25-. The van der Waals surface area contributed by atoms with E-state index in [0.29, 0.717) is 23.6 Å². The number of hydrogen-bond acceptors (Lipinski definition) is 7. The quantitative estimate of drug-likeness (QED) is 0.537. The first kappa shape index (κ1) is 25.8. The van der Waals surface area contributed by atoms with Gasteiger partial charge in [-0.1, -0.05) is 0 Å². The lowest BCUT2D eigenvalue weighted by Gasteiger charge is -2.41. The molecule has 4 heterocycles. The van der Waals surface area contributed by atoms with E-state index >= 15 is 0 Å². The first-order valence-corrected chi connectivity index (χ1v) is 12.4. The number of morpholine rings is 1. The molecular formula is C26H26F3N7O2. The largest absolute Gasteiger partial charge is 0.417 e. The molecule has 0 spiro atoms. The summed E-state index contributed by atoms with van der Waals surface area (Å²) in [5.41, 5.74) is -0.175. The second-order valence-electron chi connectivity index (χ2n) is 9.54. The second-order valence-corrected chi connectivity index (χ2v) is 9.54. The first-order valence-electron chi connectivity index (χ1n) is 12.4. The van der Waals surface area contributed by atoms with E-state index in [1.807, 2.05) is 0 Å². The molecule has 2 aliphatic rings. The fraction of sp³-hybridized carbons (Fsp3) is 0.423. The molecule has 1 aliphatic carbocycles. The average Bonchev–Trinajstić information content (AvgIpc) is 3.44. The molecule has 1 saturated heterocycles. The maximum Gasteiger partial charge on any atom is 0.417 e. The minimum Gasteiger partial charge on any atom is -0.379 e. The van der Waals surface area contributed by atoms with E-state index in [1.165, 1.54) is 29.3 Å². The Labute approximate surface area is 217 Å². The monoisotopic (exact) mass is 525 g/mol. The molecule has 1 N–H and O–H groups in total. The summed E-state index contributed by atoms with van der Waals surface area (Å²) >= 11 is 0. The normalized spacial score (nSPS) is 22.5. The Morgan fingerprint density at radius 3 is 2.45 bits per heavy atom. The van der Waals surface area contributed by atoms with Gasteiger partial charge in [-0.2, -0.15) is 23.5 Å². The highest BCUT2D eigenvalue weighted by molar-refractivity contribution is 6.03. The molecule has 0 unspecified atom stereocenters. The number of nitrogens with zero attached hydrogens (tertiary/aromatic N) is 6. The van der Waals surface area contributed by atoms with Crippen LogP contribution in [0.15, 0.2) is 49.1 Å². The summed E-state index contributed by atoms with van der Waals surface area (Å²) in [5, 5.41) is 16.8. The summed E-state index contributed by atoms with van der Waals surface area (Å²) in [4.78, 5) is 23.5. The van der Waals surface area contributed by atoms with Crippen LogP contribution in [0, 0.1) is 11.3 Å². The summed E-state index contributed by atoms with van der Waals surface area (Å²) in [6, 6.07) is 8.54. The topological polar surface area (TPSA) is 109 Å². The van der Waals surface area contributed by atoms with Crippen LogP contribution in [0.3, 0.4) is 0 Å². The number of hydrogen-bond donors (Lipinski definition) is 1. The lowest BCUT2D eigenvalue weighted by Crippen LogP contribution is -2.47. The fourth-order valence-electron chi connectivity index (χ4n) is 5.04. The van der Waals surface area contributed by atoms with Crippen LogP contribution < -0.4 is 5.32 Å². The van der Waals surface area contributed by atoms with Crippen molar-refractivity contribution in [3.05, 3.63) is 65.9 Å². The Kier molecular flexibility index (Phi) is 7.14. The minimum atomic E-state index is -4.49. The zero-order chi connectivity index (χ0) is 26.8.